The van der Waals surface area contributed by atoms with Gasteiger partial charge in [0.1, 0.15) is 17.0 Å². The number of nitrogens with zero attached hydrogens (tertiary/aromatic N) is 4. The predicted octanol–water partition coefficient (Wildman–Crippen LogP) is 2.78. The van der Waals surface area contributed by atoms with E-state index in [4.69, 9.17) is 9.15 Å². The van der Waals surface area contributed by atoms with Gasteiger partial charge in [-0.15, -0.1) is 11.3 Å². The van der Waals surface area contributed by atoms with Crippen molar-refractivity contribution in [3.8, 4) is 0 Å². The summed E-state index contributed by atoms with van der Waals surface area (Å²) in [6, 6.07) is 3.36. The third kappa shape index (κ3) is 3.95. The highest BCUT2D eigenvalue weighted by atomic mass is 32.1. The standard InChI is InChI=1S/C22H25N5O4S/c1-14-17-19(23-12-15-4-2-10-30-15)24-13-25-20(17)32-18(14)22(29)27-8-6-26(7-9-27)21(28)16-5-3-11-31-16/h3,5,11,13,15H,2,4,6-10,12H2,1H3,(H,23,24,25). The number of ether oxygens (including phenoxy) is 1. The summed E-state index contributed by atoms with van der Waals surface area (Å²) in [7, 11) is 0. The number of carbonyl (C=O) groups excluding carboxylic acids is 2. The summed E-state index contributed by atoms with van der Waals surface area (Å²) >= 11 is 1.39. The van der Waals surface area contributed by atoms with Crippen molar-refractivity contribution in [3.05, 3.63) is 40.9 Å². The average Bonchev–Trinajstić information content (AvgIpc) is 3.59. The first-order valence-corrected chi connectivity index (χ1v) is 11.6. The smallest absolute Gasteiger partial charge is 0.289 e. The van der Waals surface area contributed by atoms with E-state index in [0.29, 0.717) is 43.4 Å². The molecule has 1 unspecified atom stereocenters. The van der Waals surface area contributed by atoms with Crippen LogP contribution in [0.1, 0.15) is 38.6 Å². The molecule has 10 heteroatoms. The van der Waals surface area contributed by atoms with Crippen molar-refractivity contribution >= 4 is 39.2 Å². The van der Waals surface area contributed by atoms with Crippen molar-refractivity contribution in [2.45, 2.75) is 25.9 Å². The molecule has 168 valence electrons. The monoisotopic (exact) mass is 455 g/mol. The van der Waals surface area contributed by atoms with Gasteiger partial charge >= 0.3 is 0 Å². The number of rotatable bonds is 5. The number of piperazine rings is 1. The number of nitrogens with one attached hydrogen (secondary N) is 1. The maximum atomic E-state index is 13.3. The minimum atomic E-state index is -0.141. The Morgan fingerprint density at radius 1 is 1.19 bits per heavy atom. The first kappa shape index (κ1) is 20.9. The van der Waals surface area contributed by atoms with Gasteiger partial charge in [-0.1, -0.05) is 0 Å². The Morgan fingerprint density at radius 2 is 1.97 bits per heavy atom. The molecule has 1 atom stereocenters. The molecule has 0 spiro atoms. The van der Waals surface area contributed by atoms with E-state index in [1.54, 1.807) is 21.9 Å². The quantitative estimate of drug-likeness (QED) is 0.631. The molecule has 5 heterocycles. The number of aryl methyl sites for hydroxylation is 1. The number of amides is 2. The molecule has 2 amide bonds. The topological polar surface area (TPSA) is 101 Å². The van der Waals surface area contributed by atoms with Gasteiger partial charge in [0.05, 0.1) is 22.6 Å². The number of anilines is 1. The van der Waals surface area contributed by atoms with Crippen LogP contribution in [0.4, 0.5) is 5.82 Å². The van der Waals surface area contributed by atoms with Crippen molar-refractivity contribution in [3.63, 3.8) is 0 Å². The normalized spacial score (nSPS) is 19.0. The van der Waals surface area contributed by atoms with Gasteiger partial charge in [-0.25, -0.2) is 9.97 Å². The van der Waals surface area contributed by atoms with E-state index in [0.717, 1.165) is 41.0 Å². The molecule has 3 aromatic rings. The zero-order valence-corrected chi connectivity index (χ0v) is 18.7. The van der Waals surface area contributed by atoms with Crippen molar-refractivity contribution in [1.29, 1.82) is 0 Å². The Balaban J connectivity index is 1.29. The minimum Gasteiger partial charge on any atom is -0.459 e. The first-order valence-electron chi connectivity index (χ1n) is 10.8. The molecule has 2 aliphatic rings. The van der Waals surface area contributed by atoms with Gasteiger partial charge in [0.15, 0.2) is 5.76 Å². The van der Waals surface area contributed by atoms with E-state index in [1.165, 1.54) is 23.9 Å². The van der Waals surface area contributed by atoms with E-state index in [2.05, 4.69) is 15.3 Å². The SMILES string of the molecule is Cc1c(C(=O)N2CCN(C(=O)c3ccco3)CC2)sc2ncnc(NCC3CCCO3)c12. The fraction of sp³-hybridized carbons (Fsp3) is 0.455. The molecule has 0 bridgehead atoms. The molecule has 1 N–H and O–H groups in total. The Hall–Kier alpha value is -2.98. The average molecular weight is 456 g/mol. The lowest BCUT2D eigenvalue weighted by Crippen LogP contribution is -2.50. The molecule has 5 rings (SSSR count). The second kappa shape index (κ2) is 8.87. The van der Waals surface area contributed by atoms with Gasteiger partial charge in [0.25, 0.3) is 11.8 Å². The number of hydrogen-bond donors (Lipinski definition) is 1. The summed E-state index contributed by atoms with van der Waals surface area (Å²) < 4.78 is 10.9. The largest absolute Gasteiger partial charge is 0.459 e. The summed E-state index contributed by atoms with van der Waals surface area (Å²) in [6.07, 6.45) is 5.34. The van der Waals surface area contributed by atoms with Crippen LogP contribution in [0.15, 0.2) is 29.1 Å². The number of carbonyl (C=O) groups is 2. The second-order valence-electron chi connectivity index (χ2n) is 8.04. The Labute approximate surface area is 189 Å². The fourth-order valence-electron chi connectivity index (χ4n) is 4.24. The van der Waals surface area contributed by atoms with Crippen LogP contribution in [0.25, 0.3) is 10.2 Å². The van der Waals surface area contributed by atoms with Crippen molar-refractivity contribution in [2.75, 3.05) is 44.6 Å². The molecule has 0 aromatic carbocycles. The van der Waals surface area contributed by atoms with E-state index in [9.17, 15) is 9.59 Å². The molecule has 32 heavy (non-hydrogen) atoms. The Bertz CT molecular complexity index is 1120. The molecular formula is C22H25N5O4S. The number of fused-ring (bicyclic) bond motifs is 1. The third-order valence-corrected chi connectivity index (χ3v) is 7.22. The molecular weight excluding hydrogens is 430 g/mol. The van der Waals surface area contributed by atoms with Crippen molar-refractivity contribution in [1.82, 2.24) is 19.8 Å². The number of furan rings is 1. The van der Waals surface area contributed by atoms with Crippen LogP contribution in [-0.4, -0.2) is 77.0 Å². The summed E-state index contributed by atoms with van der Waals surface area (Å²) in [5, 5.41) is 4.28. The highest BCUT2D eigenvalue weighted by Crippen LogP contribution is 2.34. The van der Waals surface area contributed by atoms with Crippen LogP contribution in [0, 0.1) is 6.92 Å². The lowest BCUT2D eigenvalue weighted by atomic mass is 10.1. The molecule has 9 nitrogen and oxygen atoms in total. The number of thiophene rings is 1. The van der Waals surface area contributed by atoms with Gasteiger partial charge in [-0.3, -0.25) is 9.59 Å². The Kier molecular flexibility index (Phi) is 5.79. The molecule has 0 radical (unpaired) electrons. The highest BCUT2D eigenvalue weighted by Gasteiger charge is 2.29. The van der Waals surface area contributed by atoms with E-state index >= 15 is 0 Å². The van der Waals surface area contributed by atoms with Crippen molar-refractivity contribution in [2.24, 2.45) is 0 Å². The summed E-state index contributed by atoms with van der Waals surface area (Å²) in [4.78, 5) is 39.6. The van der Waals surface area contributed by atoms with Crippen LogP contribution in [-0.2, 0) is 4.74 Å². The van der Waals surface area contributed by atoms with Gasteiger partial charge in [-0.05, 0) is 37.5 Å². The highest BCUT2D eigenvalue weighted by molar-refractivity contribution is 7.20. The summed E-state index contributed by atoms with van der Waals surface area (Å²) in [5.41, 5.74) is 0.888. The summed E-state index contributed by atoms with van der Waals surface area (Å²) in [5.74, 6) is 0.900. The lowest BCUT2D eigenvalue weighted by molar-refractivity contribution is 0.0520. The molecule has 0 aliphatic carbocycles. The molecule has 2 saturated heterocycles. The first-order chi connectivity index (χ1) is 15.6. The van der Waals surface area contributed by atoms with Crippen molar-refractivity contribution < 1.29 is 18.7 Å². The lowest BCUT2D eigenvalue weighted by Gasteiger charge is -2.34. The van der Waals surface area contributed by atoms with Crippen LogP contribution < -0.4 is 5.32 Å². The Morgan fingerprint density at radius 3 is 2.66 bits per heavy atom. The summed E-state index contributed by atoms with van der Waals surface area (Å²) in [6.45, 7) is 5.36. The van der Waals surface area contributed by atoms with Gasteiger partial charge in [0, 0.05) is 39.3 Å². The van der Waals surface area contributed by atoms with Crippen LogP contribution in [0.2, 0.25) is 0 Å². The number of aromatic nitrogens is 2. The zero-order chi connectivity index (χ0) is 22.1. The van der Waals surface area contributed by atoms with E-state index in [-0.39, 0.29) is 17.9 Å². The van der Waals surface area contributed by atoms with E-state index in [1.807, 2.05) is 6.92 Å². The minimum absolute atomic E-state index is 0.0272. The van der Waals surface area contributed by atoms with Crippen LogP contribution in [0.5, 0.6) is 0 Å². The maximum Gasteiger partial charge on any atom is 0.289 e. The predicted molar refractivity (Wildman–Crippen MR) is 120 cm³/mol. The number of hydrogen-bond acceptors (Lipinski definition) is 8. The van der Waals surface area contributed by atoms with Gasteiger partial charge in [-0.2, -0.15) is 0 Å². The maximum absolute atomic E-state index is 13.3. The van der Waals surface area contributed by atoms with Gasteiger partial charge < -0.3 is 24.3 Å². The molecule has 2 aliphatic heterocycles. The van der Waals surface area contributed by atoms with Crippen LogP contribution >= 0.6 is 11.3 Å². The molecule has 3 aromatic heterocycles. The second-order valence-corrected chi connectivity index (χ2v) is 9.04. The van der Waals surface area contributed by atoms with E-state index < -0.39 is 0 Å². The molecule has 0 saturated carbocycles. The fourth-order valence-corrected chi connectivity index (χ4v) is 5.35. The third-order valence-electron chi connectivity index (χ3n) is 6.03. The van der Waals surface area contributed by atoms with Crippen LogP contribution in [0.3, 0.4) is 0 Å². The zero-order valence-electron chi connectivity index (χ0n) is 17.9. The van der Waals surface area contributed by atoms with Gasteiger partial charge in [0.2, 0.25) is 0 Å². The molecule has 2 fully saturated rings.